The zero-order valence-corrected chi connectivity index (χ0v) is 12.6. The van der Waals surface area contributed by atoms with Gasteiger partial charge in [-0.15, -0.1) is 0 Å². The molecule has 1 amide bonds. The van der Waals surface area contributed by atoms with Crippen LogP contribution in [0.4, 0.5) is 5.69 Å². The maximum absolute atomic E-state index is 12.8. The number of carbonyl (C=O) groups excluding carboxylic acids is 1. The first-order valence-corrected chi connectivity index (χ1v) is 7.33. The van der Waals surface area contributed by atoms with Gasteiger partial charge in [-0.3, -0.25) is 19.7 Å². The lowest BCUT2D eigenvalue weighted by molar-refractivity contribution is -0.384. The standard InChI is InChI=1S/C15H15N3O6/c19-14(20)6-10-8-24-4-3-17(10)15(21)12-7-16-13-2-1-9(18(22)23)5-11(12)13/h1-2,5,7,10,16H,3-4,6,8H2,(H,19,20). The van der Waals surface area contributed by atoms with Crippen molar-refractivity contribution >= 4 is 28.5 Å². The molecule has 0 saturated carbocycles. The van der Waals surface area contributed by atoms with Crippen molar-refractivity contribution in [2.24, 2.45) is 0 Å². The number of nitro benzene ring substituents is 1. The number of amides is 1. The van der Waals surface area contributed by atoms with E-state index in [1.54, 1.807) is 0 Å². The first-order chi connectivity index (χ1) is 11.5. The van der Waals surface area contributed by atoms with E-state index in [9.17, 15) is 19.7 Å². The van der Waals surface area contributed by atoms with E-state index in [-0.39, 0.29) is 36.7 Å². The van der Waals surface area contributed by atoms with Crippen LogP contribution in [0.2, 0.25) is 0 Å². The molecule has 1 saturated heterocycles. The summed E-state index contributed by atoms with van der Waals surface area (Å²) in [6.07, 6.45) is 1.28. The van der Waals surface area contributed by atoms with Gasteiger partial charge < -0.3 is 19.7 Å². The number of non-ortho nitro benzene ring substituents is 1. The summed E-state index contributed by atoms with van der Waals surface area (Å²) < 4.78 is 5.26. The maximum atomic E-state index is 12.8. The summed E-state index contributed by atoms with van der Waals surface area (Å²) in [4.78, 5) is 38.6. The Hall–Kier alpha value is -2.94. The minimum atomic E-state index is -1.02. The van der Waals surface area contributed by atoms with Crippen LogP contribution in [0.25, 0.3) is 10.9 Å². The SMILES string of the molecule is O=C(O)CC1COCCN1C(=O)c1c[nH]c2ccc([N+](=O)[O-])cc12. The summed E-state index contributed by atoms with van der Waals surface area (Å²) in [5.41, 5.74) is 0.776. The second-order valence-electron chi connectivity index (χ2n) is 5.51. The summed E-state index contributed by atoms with van der Waals surface area (Å²) in [6, 6.07) is 3.67. The predicted molar refractivity (Wildman–Crippen MR) is 82.8 cm³/mol. The van der Waals surface area contributed by atoms with Crippen LogP contribution in [0.1, 0.15) is 16.8 Å². The minimum absolute atomic E-state index is 0.111. The first kappa shape index (κ1) is 15.9. The number of hydrogen-bond acceptors (Lipinski definition) is 5. The van der Waals surface area contributed by atoms with Crippen molar-refractivity contribution in [1.82, 2.24) is 9.88 Å². The third kappa shape index (κ3) is 2.93. The summed E-state index contributed by atoms with van der Waals surface area (Å²) in [7, 11) is 0. The Morgan fingerprint density at radius 1 is 1.46 bits per heavy atom. The van der Waals surface area contributed by atoms with Gasteiger partial charge in [0.25, 0.3) is 11.6 Å². The number of benzene rings is 1. The van der Waals surface area contributed by atoms with E-state index in [1.165, 1.54) is 29.3 Å². The molecule has 0 bridgehead atoms. The number of aromatic nitrogens is 1. The second kappa shape index (κ2) is 6.28. The van der Waals surface area contributed by atoms with E-state index < -0.39 is 16.9 Å². The van der Waals surface area contributed by atoms with Gasteiger partial charge >= 0.3 is 5.97 Å². The van der Waals surface area contributed by atoms with Gasteiger partial charge in [-0.2, -0.15) is 0 Å². The van der Waals surface area contributed by atoms with Crippen molar-refractivity contribution in [3.8, 4) is 0 Å². The molecule has 1 aromatic carbocycles. The van der Waals surface area contributed by atoms with Gasteiger partial charge in [0.1, 0.15) is 0 Å². The normalized spacial score (nSPS) is 17.8. The molecular weight excluding hydrogens is 318 g/mol. The smallest absolute Gasteiger partial charge is 0.305 e. The van der Waals surface area contributed by atoms with Crippen molar-refractivity contribution in [1.29, 1.82) is 0 Å². The van der Waals surface area contributed by atoms with Gasteiger partial charge in [-0.1, -0.05) is 0 Å². The molecule has 1 aliphatic heterocycles. The van der Waals surface area contributed by atoms with Gasteiger partial charge in [0.05, 0.1) is 36.2 Å². The van der Waals surface area contributed by atoms with E-state index in [0.29, 0.717) is 17.5 Å². The fourth-order valence-corrected chi connectivity index (χ4v) is 2.85. The minimum Gasteiger partial charge on any atom is -0.481 e. The van der Waals surface area contributed by atoms with Gasteiger partial charge in [-0.05, 0) is 6.07 Å². The maximum Gasteiger partial charge on any atom is 0.305 e. The molecule has 1 unspecified atom stereocenters. The Kier molecular flexibility index (Phi) is 4.17. The number of hydrogen-bond donors (Lipinski definition) is 2. The van der Waals surface area contributed by atoms with Gasteiger partial charge in [0.15, 0.2) is 0 Å². The Bertz CT molecular complexity index is 815. The van der Waals surface area contributed by atoms with Crippen molar-refractivity contribution in [3.05, 3.63) is 40.1 Å². The highest BCUT2D eigenvalue weighted by Crippen LogP contribution is 2.26. The monoisotopic (exact) mass is 333 g/mol. The summed E-state index contributed by atoms with van der Waals surface area (Å²) in [5.74, 6) is -1.38. The lowest BCUT2D eigenvalue weighted by Crippen LogP contribution is -2.49. The molecule has 1 aliphatic rings. The van der Waals surface area contributed by atoms with Crippen LogP contribution in [0.3, 0.4) is 0 Å². The highest BCUT2D eigenvalue weighted by molar-refractivity contribution is 6.07. The van der Waals surface area contributed by atoms with Crippen molar-refractivity contribution in [2.45, 2.75) is 12.5 Å². The quantitative estimate of drug-likeness (QED) is 0.643. The van der Waals surface area contributed by atoms with E-state index >= 15 is 0 Å². The number of aromatic amines is 1. The van der Waals surface area contributed by atoms with E-state index in [2.05, 4.69) is 4.98 Å². The zero-order chi connectivity index (χ0) is 17.3. The fraction of sp³-hybridized carbons (Fsp3) is 0.333. The van der Waals surface area contributed by atoms with Crippen molar-refractivity contribution in [3.63, 3.8) is 0 Å². The molecule has 0 spiro atoms. The van der Waals surface area contributed by atoms with Crippen LogP contribution >= 0.6 is 0 Å². The lowest BCUT2D eigenvalue weighted by atomic mass is 10.1. The number of carbonyl (C=O) groups is 2. The Morgan fingerprint density at radius 2 is 2.25 bits per heavy atom. The Morgan fingerprint density at radius 3 is 2.96 bits per heavy atom. The van der Waals surface area contributed by atoms with Crippen molar-refractivity contribution < 1.29 is 24.4 Å². The topological polar surface area (TPSA) is 126 Å². The first-order valence-electron chi connectivity index (χ1n) is 7.33. The van der Waals surface area contributed by atoms with Crippen LogP contribution in [-0.4, -0.2) is 57.6 Å². The van der Waals surface area contributed by atoms with Crippen LogP contribution in [0.5, 0.6) is 0 Å². The number of ether oxygens (including phenoxy) is 1. The molecule has 2 heterocycles. The highest BCUT2D eigenvalue weighted by Gasteiger charge is 2.31. The van der Waals surface area contributed by atoms with E-state index in [0.717, 1.165) is 0 Å². The fourth-order valence-electron chi connectivity index (χ4n) is 2.85. The number of carboxylic acids is 1. The molecule has 9 nitrogen and oxygen atoms in total. The predicted octanol–water partition coefficient (Wildman–Crippen LogP) is 1.39. The summed E-state index contributed by atoms with van der Waals surface area (Å²) in [6.45, 7) is 0.753. The number of carboxylic acid groups (broad SMARTS) is 1. The molecule has 2 aromatic rings. The van der Waals surface area contributed by atoms with E-state index in [4.69, 9.17) is 9.84 Å². The molecule has 1 fully saturated rings. The number of morpholine rings is 1. The number of fused-ring (bicyclic) bond motifs is 1. The summed E-state index contributed by atoms with van der Waals surface area (Å²) in [5, 5.41) is 20.4. The molecule has 0 radical (unpaired) electrons. The number of nitrogens with zero attached hydrogens (tertiary/aromatic N) is 2. The third-order valence-electron chi connectivity index (χ3n) is 4.01. The van der Waals surface area contributed by atoms with Crippen LogP contribution in [0, 0.1) is 10.1 Å². The Labute approximate surface area is 136 Å². The highest BCUT2D eigenvalue weighted by atomic mass is 16.6. The largest absolute Gasteiger partial charge is 0.481 e. The average Bonchev–Trinajstić information content (AvgIpc) is 2.97. The molecule has 9 heteroatoms. The average molecular weight is 333 g/mol. The number of nitro groups is 1. The number of aliphatic carboxylic acids is 1. The van der Waals surface area contributed by atoms with Crippen molar-refractivity contribution in [2.75, 3.05) is 19.8 Å². The number of nitrogens with one attached hydrogen (secondary N) is 1. The Balaban J connectivity index is 1.96. The van der Waals surface area contributed by atoms with E-state index in [1.807, 2.05) is 0 Å². The molecule has 1 atom stereocenters. The van der Waals surface area contributed by atoms with Gasteiger partial charge in [0, 0.05) is 35.8 Å². The molecule has 3 rings (SSSR count). The molecule has 0 aliphatic carbocycles. The van der Waals surface area contributed by atoms with Crippen LogP contribution < -0.4 is 0 Å². The summed E-state index contributed by atoms with van der Waals surface area (Å²) >= 11 is 0. The molecular formula is C15H15N3O6. The second-order valence-corrected chi connectivity index (χ2v) is 5.51. The number of H-pyrrole nitrogens is 1. The van der Waals surface area contributed by atoms with Crippen LogP contribution in [0.15, 0.2) is 24.4 Å². The van der Waals surface area contributed by atoms with Crippen LogP contribution in [-0.2, 0) is 9.53 Å². The zero-order valence-electron chi connectivity index (χ0n) is 12.6. The lowest BCUT2D eigenvalue weighted by Gasteiger charge is -2.34. The number of rotatable bonds is 4. The molecule has 126 valence electrons. The van der Waals surface area contributed by atoms with Gasteiger partial charge in [0.2, 0.25) is 0 Å². The molecule has 1 aromatic heterocycles. The molecule has 2 N–H and O–H groups in total. The third-order valence-corrected chi connectivity index (χ3v) is 4.01. The van der Waals surface area contributed by atoms with Gasteiger partial charge in [-0.25, -0.2) is 0 Å². The molecule has 24 heavy (non-hydrogen) atoms.